The van der Waals surface area contributed by atoms with Crippen molar-refractivity contribution >= 4 is 107 Å². The summed E-state index contributed by atoms with van der Waals surface area (Å²) < 4.78 is 102. The number of nitrogens with one attached hydrogen (secondary N) is 1. The lowest BCUT2D eigenvalue weighted by Crippen LogP contribution is -2.54. The standard InChI is InChI=1S/C23H25N5O5.C21H29NO5S.C20H29N5O3.C19H25N5O4.C19H21N5O4/c1-30-18-11-14-15(12-19(18)31-2)25-23(26-21(14)24)28-9-7-27(8-10-28)22(29)20-13-32-16-5-3-4-6-17(16)33-20;1-4-26-18-9-5-6-10-19(18)27-13-7-8-16(2)14-17-11-12-20(25-3)21(15-17)28(22,23)24;1-22-18(15-19(26)23(2)20(22)27)21-9-6-10-24-11-13-25(14-12-24)16-7-4-5-8-17(16)28-3;2*1-26-15-10-12-13(11-16(15)27-2)21-19(22-17(12)20)24-7-5-23(6-8-24)18(25)14-4-3-9-28-14/h3-6,11-12,20H,7-10,13H2,1-2H3,(H2,24,25,26);5-6,9-12,15-16H,4,7-8,13-14H2,1-3H3,(H2,22,23,24);4-5,7-8,15,21H,6,9-14H2,1-3H3;10-11,14H,3-9H2,1-2H3,(H2,20,21,22);3-4,9-11H,5-8H2,1-2H3,(H2,20,21,22)/t;16-;;;/m.0.../s1. The first-order valence-electron chi connectivity index (χ1n) is 48.0. The Morgan fingerprint density at radius 1 is 0.490 bits per heavy atom. The summed E-state index contributed by atoms with van der Waals surface area (Å²) in [5.74, 6) is 11.3. The van der Waals surface area contributed by atoms with Gasteiger partial charge in [-0.3, -0.25) is 33.2 Å². The smallest absolute Gasteiger partial charge is 0.332 e. The van der Waals surface area contributed by atoms with Crippen LogP contribution in [0.2, 0.25) is 0 Å². The molecule has 5 saturated heterocycles. The van der Waals surface area contributed by atoms with Gasteiger partial charge in [0.2, 0.25) is 34.0 Å². The van der Waals surface area contributed by atoms with Gasteiger partial charge in [-0.2, -0.15) is 15.0 Å². The number of aromatic nitrogens is 8. The number of rotatable bonds is 30. The molecule has 3 amide bonds. The van der Waals surface area contributed by atoms with Gasteiger partial charge in [0.05, 0.1) is 98.6 Å². The summed E-state index contributed by atoms with van der Waals surface area (Å²) in [6, 6.07) is 43.8. The molecule has 6 aliphatic rings. The van der Waals surface area contributed by atoms with Crippen molar-refractivity contribution in [3.05, 3.63) is 184 Å². The van der Waals surface area contributed by atoms with E-state index < -0.39 is 16.1 Å². The van der Waals surface area contributed by atoms with E-state index in [1.54, 1.807) is 133 Å². The largest absolute Gasteiger partial charge is 0.495 e. The Balaban J connectivity index is 0.000000144. The number of para-hydroxylation sites is 6. The number of carbonyl (C=O) groups is 3. The maximum Gasteiger partial charge on any atom is 0.332 e. The monoisotopic (exact) mass is 2020 g/mol. The van der Waals surface area contributed by atoms with Crippen molar-refractivity contribution in [2.75, 3.05) is 243 Å². The summed E-state index contributed by atoms with van der Waals surface area (Å²) >= 11 is 0. The minimum Gasteiger partial charge on any atom is -0.495 e. The molecule has 42 nitrogen and oxygen atoms in total. The van der Waals surface area contributed by atoms with Crippen molar-refractivity contribution in [1.82, 2.24) is 58.6 Å². The molecule has 0 aliphatic carbocycles. The molecule has 145 heavy (non-hydrogen) atoms. The second kappa shape index (κ2) is 49.6. The molecule has 5 fully saturated rings. The molecule has 9 N–H and O–H groups in total. The van der Waals surface area contributed by atoms with E-state index in [-0.39, 0.29) is 52.3 Å². The van der Waals surface area contributed by atoms with Crippen molar-refractivity contribution < 1.29 is 88.8 Å². The van der Waals surface area contributed by atoms with Crippen LogP contribution in [0.4, 0.5) is 46.8 Å². The van der Waals surface area contributed by atoms with Gasteiger partial charge >= 0.3 is 5.69 Å². The Hall–Kier alpha value is -15.2. The zero-order valence-electron chi connectivity index (χ0n) is 83.9. The maximum absolute atomic E-state index is 13.0. The molecule has 3 atom stereocenters. The Morgan fingerprint density at radius 3 is 1.44 bits per heavy atom. The van der Waals surface area contributed by atoms with Crippen molar-refractivity contribution in [1.29, 1.82) is 0 Å². The molecule has 7 aromatic carbocycles. The van der Waals surface area contributed by atoms with Crippen LogP contribution < -0.4 is 115 Å². The van der Waals surface area contributed by atoms with E-state index in [4.69, 9.17) is 88.3 Å². The van der Waals surface area contributed by atoms with Crippen LogP contribution in [0.15, 0.2) is 171 Å². The van der Waals surface area contributed by atoms with Gasteiger partial charge < -0.3 is 123 Å². The molecule has 12 aromatic rings. The molecular formula is C102H129N21O21S. The molecule has 0 spiro atoms. The lowest BCUT2D eigenvalue weighted by atomic mass is 9.97. The maximum atomic E-state index is 13.0. The number of nitrogen functional groups attached to an aromatic ring is 3. The number of amides is 3. The third-order valence-corrected chi connectivity index (χ3v) is 26.6. The van der Waals surface area contributed by atoms with Crippen LogP contribution in [0.1, 0.15) is 62.1 Å². The summed E-state index contributed by atoms with van der Waals surface area (Å²) in [4.78, 5) is 105. The van der Waals surface area contributed by atoms with Crippen molar-refractivity contribution in [2.24, 2.45) is 25.2 Å². The molecule has 774 valence electrons. The van der Waals surface area contributed by atoms with E-state index >= 15 is 0 Å². The highest BCUT2D eigenvalue weighted by atomic mass is 32.2. The van der Waals surface area contributed by atoms with Crippen LogP contribution in [0.3, 0.4) is 0 Å². The number of nitrogens with two attached hydrogens (primary N) is 4. The van der Waals surface area contributed by atoms with Gasteiger partial charge in [-0.05, 0) is 142 Å². The van der Waals surface area contributed by atoms with E-state index in [0.29, 0.717) is 236 Å². The number of anilines is 8. The number of nitrogens with zero attached hydrogens (tertiary/aromatic N) is 16. The Morgan fingerprint density at radius 2 is 0.959 bits per heavy atom. The zero-order valence-corrected chi connectivity index (χ0v) is 84.7. The number of hydrogen-bond donors (Lipinski definition) is 5. The fraction of sp³-hybridized carbons (Fsp3) is 0.422. The van der Waals surface area contributed by atoms with Gasteiger partial charge in [0.1, 0.15) is 52.4 Å². The molecule has 11 heterocycles. The van der Waals surface area contributed by atoms with Crippen molar-refractivity contribution in [2.45, 2.75) is 69.5 Å². The number of carbonyl (C=O) groups excluding carboxylic acids is 3. The van der Waals surface area contributed by atoms with E-state index in [1.807, 2.05) is 93.3 Å². The number of ether oxygens (including phenoxy) is 13. The van der Waals surface area contributed by atoms with Gasteiger partial charge in [0.15, 0.2) is 63.3 Å². The SMILES string of the molecule is CCOc1ccccc1OCCC[C@H](C)Cc1ccc(OC)c(S(N)(=O)=O)c1.COc1cc2nc(N3CCN(C(=O)C4CCCO4)CC3)nc(N)c2cc1OC.COc1cc2nc(N3CCN(C(=O)C4COc5ccccc5O4)CC3)nc(N)c2cc1OC.COc1cc2nc(N3CCN(C(=O)c4ccco4)CC3)nc(N)c2cc1OC.COc1ccccc1N1CCN(CCCNc2cc(=O)n(C)c(=O)n2C)CC1. The Bertz CT molecular complexity index is 6690. The minimum atomic E-state index is -3.82. The zero-order chi connectivity index (χ0) is 103. The first kappa shape index (κ1) is 106. The fourth-order valence-corrected chi connectivity index (χ4v) is 18.4. The number of sulfonamides is 1. The fourth-order valence-electron chi connectivity index (χ4n) is 17.6. The Kier molecular flexibility index (Phi) is 36.1. The van der Waals surface area contributed by atoms with Gasteiger partial charge in [-0.15, -0.1) is 0 Å². The highest BCUT2D eigenvalue weighted by molar-refractivity contribution is 7.89. The van der Waals surface area contributed by atoms with Crippen LogP contribution in [0.5, 0.6) is 69.0 Å². The van der Waals surface area contributed by atoms with Gasteiger partial charge in [0, 0.05) is 172 Å². The molecule has 0 saturated carbocycles. The number of piperazine rings is 4. The lowest BCUT2D eigenvalue weighted by Gasteiger charge is -2.37. The quantitative estimate of drug-likeness (QED) is 0.0262. The molecule has 43 heteroatoms. The molecule has 5 aromatic heterocycles. The second-order valence-corrected chi connectivity index (χ2v) is 36.4. The van der Waals surface area contributed by atoms with E-state index in [9.17, 15) is 32.4 Å². The third kappa shape index (κ3) is 26.2. The number of fused-ring (bicyclic) bond motifs is 4. The lowest BCUT2D eigenvalue weighted by molar-refractivity contribution is -0.142. The normalized spacial score (nSPS) is 15.9. The number of methoxy groups -OCH3 is 8. The van der Waals surface area contributed by atoms with Crippen LogP contribution in [0.25, 0.3) is 32.7 Å². The highest BCUT2D eigenvalue weighted by Gasteiger charge is 2.36. The van der Waals surface area contributed by atoms with Gasteiger partial charge in [0.25, 0.3) is 23.3 Å². The predicted molar refractivity (Wildman–Crippen MR) is 552 cm³/mol. The minimum absolute atomic E-state index is 0.0237. The molecule has 6 aliphatic heterocycles. The summed E-state index contributed by atoms with van der Waals surface area (Å²) in [5, 5.41) is 10.6. The number of primary sulfonamides is 1. The van der Waals surface area contributed by atoms with E-state index in [1.165, 1.54) is 31.1 Å². The first-order valence-corrected chi connectivity index (χ1v) is 49.6. The topological polar surface area (TPSA) is 482 Å². The van der Waals surface area contributed by atoms with Gasteiger partial charge in [-0.25, -0.2) is 33.3 Å². The van der Waals surface area contributed by atoms with Crippen LogP contribution >= 0.6 is 0 Å². The average Bonchev–Trinajstić information content (AvgIpc) is 0.928. The summed E-state index contributed by atoms with van der Waals surface area (Å²) in [6.07, 6.45) is 5.87. The number of benzene rings is 7. The van der Waals surface area contributed by atoms with Crippen LogP contribution in [0, 0.1) is 5.92 Å². The van der Waals surface area contributed by atoms with Crippen LogP contribution in [-0.2, 0) is 44.9 Å². The number of hydrogen-bond acceptors (Lipinski definition) is 36. The Labute approximate surface area is 841 Å². The summed E-state index contributed by atoms with van der Waals surface area (Å²) in [5.41, 5.74) is 22.1. The molecule has 0 bridgehead atoms. The molecule has 0 radical (unpaired) electrons. The van der Waals surface area contributed by atoms with Crippen LogP contribution in [-0.4, -0.2) is 298 Å². The van der Waals surface area contributed by atoms with Crippen molar-refractivity contribution in [3.8, 4) is 69.0 Å². The summed E-state index contributed by atoms with van der Waals surface area (Å²) in [6.45, 7) is 18.8. The van der Waals surface area contributed by atoms with E-state index in [2.05, 4.69) is 58.0 Å². The van der Waals surface area contributed by atoms with Gasteiger partial charge in [-0.1, -0.05) is 49.4 Å². The molecule has 18 rings (SSSR count). The highest BCUT2D eigenvalue weighted by Crippen LogP contribution is 2.40. The number of furan rings is 1. The molecular weight excluding hydrogens is 1890 g/mol. The first-order chi connectivity index (χ1) is 70.1. The summed E-state index contributed by atoms with van der Waals surface area (Å²) in [7, 11) is 11.9. The molecule has 2 unspecified atom stereocenters. The second-order valence-electron chi connectivity index (χ2n) is 34.9. The van der Waals surface area contributed by atoms with Crippen molar-refractivity contribution in [3.63, 3.8) is 0 Å². The third-order valence-electron chi connectivity index (χ3n) is 25.6. The average molecular weight is 2020 g/mol. The van der Waals surface area contributed by atoms with E-state index in [0.717, 1.165) is 104 Å². The predicted octanol–water partition coefficient (Wildman–Crippen LogP) is 9.06.